The van der Waals surface area contributed by atoms with Gasteiger partial charge in [-0.25, -0.2) is 0 Å². The molecule has 0 N–H and O–H groups in total. The average Bonchev–Trinajstić information content (AvgIpc) is 2.05. The Kier molecular flexibility index (Phi) is 2.68. The van der Waals surface area contributed by atoms with Gasteiger partial charge in [-0.2, -0.15) is 0 Å². The molecule has 0 aromatic heterocycles. The highest BCUT2D eigenvalue weighted by molar-refractivity contribution is 9.10. The molecular formula is C10H10BrO. The molecular weight excluding hydrogens is 216 g/mol. The summed E-state index contributed by atoms with van der Waals surface area (Å²) in [7, 11) is 0. The van der Waals surface area contributed by atoms with Crippen molar-refractivity contribution in [2.75, 3.05) is 0 Å². The first kappa shape index (κ1) is 9.46. The van der Waals surface area contributed by atoms with Crippen molar-refractivity contribution in [1.82, 2.24) is 0 Å². The molecule has 1 rings (SSSR count). The lowest BCUT2D eigenvalue weighted by atomic mass is 9.86. The zero-order valence-corrected chi connectivity index (χ0v) is 8.68. The smallest absolute Gasteiger partial charge is 0.209 e. The second-order valence-corrected chi connectivity index (χ2v) is 4.06. The van der Waals surface area contributed by atoms with Gasteiger partial charge < -0.3 is 0 Å². The van der Waals surface area contributed by atoms with E-state index in [0.717, 1.165) is 10.0 Å². The minimum Gasteiger partial charge on any atom is -0.290 e. The minimum atomic E-state index is -0.528. The second-order valence-electron chi connectivity index (χ2n) is 3.21. The molecule has 2 heteroatoms. The predicted octanol–water partition coefficient (Wildman–Crippen LogP) is 2.84. The Morgan fingerprint density at radius 1 is 1.33 bits per heavy atom. The Morgan fingerprint density at radius 2 is 1.92 bits per heavy atom. The largest absolute Gasteiger partial charge is 0.290 e. The number of carbonyl (C=O) groups excluding carboxylic acids is 1. The van der Waals surface area contributed by atoms with Crippen LogP contribution in [-0.4, -0.2) is 6.29 Å². The van der Waals surface area contributed by atoms with Crippen molar-refractivity contribution in [3.05, 3.63) is 34.3 Å². The summed E-state index contributed by atoms with van der Waals surface area (Å²) in [6, 6.07) is 7.69. The number of hydrogen-bond acceptors (Lipinski definition) is 1. The molecule has 0 amide bonds. The van der Waals surface area contributed by atoms with Gasteiger partial charge >= 0.3 is 0 Å². The zero-order valence-electron chi connectivity index (χ0n) is 7.10. The van der Waals surface area contributed by atoms with Gasteiger partial charge in [0, 0.05) is 4.47 Å². The van der Waals surface area contributed by atoms with Gasteiger partial charge in [0.15, 0.2) is 0 Å². The Labute approximate surface area is 80.9 Å². The van der Waals surface area contributed by atoms with Crippen molar-refractivity contribution in [1.29, 1.82) is 0 Å². The molecule has 0 fully saturated rings. The molecule has 0 aliphatic heterocycles. The fraction of sp³-hybridized carbons (Fsp3) is 0.300. The van der Waals surface area contributed by atoms with Crippen LogP contribution in [0.1, 0.15) is 19.4 Å². The maximum atomic E-state index is 10.6. The summed E-state index contributed by atoms with van der Waals surface area (Å²) in [6.45, 7) is 3.69. The van der Waals surface area contributed by atoms with Crippen LogP contribution in [0, 0.1) is 0 Å². The summed E-state index contributed by atoms with van der Waals surface area (Å²) in [6.07, 6.45) is 2.02. The van der Waals surface area contributed by atoms with Crippen LogP contribution in [0.15, 0.2) is 28.7 Å². The predicted molar refractivity (Wildman–Crippen MR) is 52.9 cm³/mol. The number of hydrogen-bond donors (Lipinski definition) is 0. The van der Waals surface area contributed by atoms with E-state index in [0.29, 0.717) is 0 Å². The van der Waals surface area contributed by atoms with Crippen molar-refractivity contribution >= 4 is 22.2 Å². The Morgan fingerprint density at radius 3 is 2.42 bits per heavy atom. The monoisotopic (exact) mass is 225 g/mol. The van der Waals surface area contributed by atoms with Gasteiger partial charge in [-0.15, -0.1) is 0 Å². The lowest BCUT2D eigenvalue weighted by Gasteiger charge is -2.17. The SMILES string of the molecule is CC(C)([C]=O)c1ccccc1Br. The second kappa shape index (κ2) is 3.40. The molecule has 0 saturated heterocycles. The number of halogens is 1. The highest BCUT2D eigenvalue weighted by atomic mass is 79.9. The van der Waals surface area contributed by atoms with E-state index in [4.69, 9.17) is 0 Å². The maximum Gasteiger partial charge on any atom is 0.209 e. The lowest BCUT2D eigenvalue weighted by molar-refractivity contribution is 0.516. The molecule has 1 radical (unpaired) electrons. The van der Waals surface area contributed by atoms with Crippen LogP contribution in [0.2, 0.25) is 0 Å². The van der Waals surface area contributed by atoms with E-state index in [9.17, 15) is 4.79 Å². The summed E-state index contributed by atoms with van der Waals surface area (Å²) in [5, 5.41) is 0. The van der Waals surface area contributed by atoms with Gasteiger partial charge in [-0.1, -0.05) is 34.1 Å². The zero-order chi connectivity index (χ0) is 9.19. The van der Waals surface area contributed by atoms with Crippen molar-refractivity contribution < 1.29 is 4.79 Å². The maximum absolute atomic E-state index is 10.6. The van der Waals surface area contributed by atoms with Crippen LogP contribution < -0.4 is 0 Å². The molecule has 0 aliphatic rings. The molecule has 0 unspecified atom stereocenters. The molecule has 0 saturated carbocycles. The molecule has 63 valence electrons. The van der Waals surface area contributed by atoms with E-state index in [1.54, 1.807) is 0 Å². The number of rotatable bonds is 2. The quantitative estimate of drug-likeness (QED) is 0.757. The van der Waals surface area contributed by atoms with Gasteiger partial charge in [-0.05, 0) is 25.5 Å². The van der Waals surface area contributed by atoms with E-state index >= 15 is 0 Å². The van der Waals surface area contributed by atoms with Crippen molar-refractivity contribution in [3.63, 3.8) is 0 Å². The first-order chi connectivity index (χ1) is 5.58. The third-order valence-electron chi connectivity index (χ3n) is 1.80. The molecule has 0 atom stereocenters. The van der Waals surface area contributed by atoms with E-state index in [1.165, 1.54) is 0 Å². The van der Waals surface area contributed by atoms with Crippen LogP contribution in [0.4, 0.5) is 0 Å². The van der Waals surface area contributed by atoms with Gasteiger partial charge in [-0.3, -0.25) is 4.79 Å². The van der Waals surface area contributed by atoms with Crippen LogP contribution in [0.25, 0.3) is 0 Å². The summed E-state index contributed by atoms with van der Waals surface area (Å²) in [4.78, 5) is 10.6. The molecule has 0 aliphatic carbocycles. The van der Waals surface area contributed by atoms with Gasteiger partial charge in [0.2, 0.25) is 6.29 Å². The van der Waals surface area contributed by atoms with Crippen molar-refractivity contribution in [2.24, 2.45) is 0 Å². The van der Waals surface area contributed by atoms with Crippen LogP contribution in [0.5, 0.6) is 0 Å². The molecule has 12 heavy (non-hydrogen) atoms. The van der Waals surface area contributed by atoms with Crippen LogP contribution in [-0.2, 0) is 10.2 Å². The van der Waals surface area contributed by atoms with Crippen LogP contribution in [0.3, 0.4) is 0 Å². The Balaban J connectivity index is 3.19. The van der Waals surface area contributed by atoms with Gasteiger partial charge in [0.25, 0.3) is 0 Å². The summed E-state index contributed by atoms with van der Waals surface area (Å²) in [5.74, 6) is 0. The highest BCUT2D eigenvalue weighted by Crippen LogP contribution is 2.27. The van der Waals surface area contributed by atoms with Gasteiger partial charge in [0.05, 0.1) is 5.41 Å². The summed E-state index contributed by atoms with van der Waals surface area (Å²) in [5.41, 5.74) is 0.445. The molecule has 1 aromatic carbocycles. The number of benzene rings is 1. The van der Waals surface area contributed by atoms with Crippen LogP contribution >= 0.6 is 15.9 Å². The first-order valence-electron chi connectivity index (χ1n) is 3.72. The molecule has 1 aromatic rings. The van der Waals surface area contributed by atoms with Crippen molar-refractivity contribution in [3.8, 4) is 0 Å². The fourth-order valence-corrected chi connectivity index (χ4v) is 1.80. The molecule has 0 heterocycles. The Bertz CT molecular complexity index is 292. The van der Waals surface area contributed by atoms with E-state index in [1.807, 2.05) is 44.4 Å². The fourth-order valence-electron chi connectivity index (χ4n) is 1.02. The third-order valence-corrected chi connectivity index (χ3v) is 2.49. The topological polar surface area (TPSA) is 17.1 Å². The lowest BCUT2D eigenvalue weighted by Crippen LogP contribution is -2.18. The highest BCUT2D eigenvalue weighted by Gasteiger charge is 2.22. The normalized spacial score (nSPS) is 11.2. The van der Waals surface area contributed by atoms with Crippen molar-refractivity contribution in [2.45, 2.75) is 19.3 Å². The van der Waals surface area contributed by atoms with E-state index in [-0.39, 0.29) is 0 Å². The summed E-state index contributed by atoms with van der Waals surface area (Å²) < 4.78 is 0.957. The van der Waals surface area contributed by atoms with E-state index < -0.39 is 5.41 Å². The van der Waals surface area contributed by atoms with Gasteiger partial charge in [0.1, 0.15) is 0 Å². The van der Waals surface area contributed by atoms with E-state index in [2.05, 4.69) is 15.9 Å². The Hall–Kier alpha value is -0.630. The third kappa shape index (κ3) is 1.75. The molecule has 0 spiro atoms. The average molecular weight is 226 g/mol. The first-order valence-corrected chi connectivity index (χ1v) is 4.51. The summed E-state index contributed by atoms with van der Waals surface area (Å²) >= 11 is 3.39. The minimum absolute atomic E-state index is 0.528. The standard InChI is InChI=1S/C10H10BrO/c1-10(2,7-12)8-5-3-4-6-9(8)11/h3-6H,1-2H3. The molecule has 0 bridgehead atoms. The molecule has 1 nitrogen and oxygen atoms in total.